The second kappa shape index (κ2) is 5.96. The van der Waals surface area contributed by atoms with Gasteiger partial charge in [0.1, 0.15) is 4.70 Å². The molecule has 9 heteroatoms. The van der Waals surface area contributed by atoms with Gasteiger partial charge in [-0.2, -0.15) is 0 Å². The van der Waals surface area contributed by atoms with Crippen molar-refractivity contribution in [2.75, 3.05) is 5.75 Å². The number of thioether (sulfide) groups is 1. The Labute approximate surface area is 131 Å². The molecule has 0 saturated heterocycles. The molecule has 0 aliphatic carbocycles. The highest BCUT2D eigenvalue weighted by molar-refractivity contribution is 7.99. The highest BCUT2D eigenvalue weighted by Crippen LogP contribution is 2.21. The van der Waals surface area contributed by atoms with E-state index in [2.05, 4.69) is 9.97 Å². The normalized spacial score (nSPS) is 11.0. The average Bonchev–Trinajstić information content (AvgIpc) is 3.11. The van der Waals surface area contributed by atoms with Crippen LogP contribution in [-0.4, -0.2) is 31.4 Å². The van der Waals surface area contributed by atoms with Crippen molar-refractivity contribution in [1.29, 1.82) is 0 Å². The first kappa shape index (κ1) is 14.2. The van der Waals surface area contributed by atoms with Crippen molar-refractivity contribution in [3.63, 3.8) is 0 Å². The molecule has 0 atom stereocenters. The maximum atomic E-state index is 12.5. The van der Waals surface area contributed by atoms with Crippen LogP contribution in [-0.2, 0) is 11.3 Å². The van der Waals surface area contributed by atoms with Crippen LogP contribution in [0.2, 0.25) is 0 Å². The minimum Gasteiger partial charge on any atom is -0.481 e. The van der Waals surface area contributed by atoms with Gasteiger partial charge in [-0.05, 0) is 11.4 Å². The van der Waals surface area contributed by atoms with Crippen molar-refractivity contribution in [3.8, 4) is 0 Å². The number of aliphatic carboxylic acids is 1. The maximum absolute atomic E-state index is 12.5. The number of rotatable bonds is 5. The SMILES string of the molecule is O=C(O)CSc1nc2ccsc2c(=O)n1Cc1cscn1. The van der Waals surface area contributed by atoms with Crippen LogP contribution in [0, 0.1) is 0 Å². The quantitative estimate of drug-likeness (QED) is 0.566. The lowest BCUT2D eigenvalue weighted by Crippen LogP contribution is -2.23. The van der Waals surface area contributed by atoms with Crippen LogP contribution in [0.1, 0.15) is 5.69 Å². The predicted octanol–water partition coefficient (Wildman–Crippen LogP) is 2.14. The van der Waals surface area contributed by atoms with E-state index in [-0.39, 0.29) is 11.3 Å². The van der Waals surface area contributed by atoms with Crippen molar-refractivity contribution < 1.29 is 9.90 Å². The standard InChI is InChI=1S/C12H9N3O3S3/c16-9(17)5-21-12-14-8-1-2-20-10(8)11(18)15(12)3-7-4-19-6-13-7/h1-2,4,6H,3,5H2,(H,16,17). The third-order valence-corrected chi connectivity index (χ3v) is 5.15. The van der Waals surface area contributed by atoms with Crippen molar-refractivity contribution in [3.05, 3.63) is 38.4 Å². The molecule has 3 aromatic rings. The number of carbonyl (C=O) groups is 1. The third kappa shape index (κ3) is 2.99. The van der Waals surface area contributed by atoms with Gasteiger partial charge in [-0.25, -0.2) is 9.97 Å². The first-order chi connectivity index (χ1) is 10.1. The molecule has 0 aromatic carbocycles. The smallest absolute Gasteiger partial charge is 0.313 e. The summed E-state index contributed by atoms with van der Waals surface area (Å²) in [6.07, 6.45) is 0. The Hall–Kier alpha value is -1.71. The fraction of sp³-hybridized carbons (Fsp3) is 0.167. The summed E-state index contributed by atoms with van der Waals surface area (Å²) >= 11 is 3.83. The zero-order valence-electron chi connectivity index (χ0n) is 10.6. The number of aromatic nitrogens is 3. The van der Waals surface area contributed by atoms with Crippen molar-refractivity contribution >= 4 is 50.6 Å². The van der Waals surface area contributed by atoms with Crippen molar-refractivity contribution in [2.24, 2.45) is 0 Å². The molecule has 21 heavy (non-hydrogen) atoms. The van der Waals surface area contributed by atoms with Crippen molar-refractivity contribution in [2.45, 2.75) is 11.7 Å². The molecule has 0 amide bonds. The van der Waals surface area contributed by atoms with E-state index in [9.17, 15) is 9.59 Å². The highest BCUT2D eigenvalue weighted by atomic mass is 32.2. The van der Waals surface area contributed by atoms with Crippen LogP contribution < -0.4 is 5.56 Å². The van der Waals surface area contributed by atoms with E-state index in [0.29, 0.717) is 21.9 Å². The van der Waals surface area contributed by atoms with Crippen LogP contribution >= 0.6 is 34.4 Å². The molecule has 0 spiro atoms. The van der Waals surface area contributed by atoms with Crippen LogP contribution in [0.4, 0.5) is 0 Å². The van der Waals surface area contributed by atoms with Gasteiger partial charge in [-0.15, -0.1) is 22.7 Å². The number of thiophene rings is 1. The molecule has 3 heterocycles. The van der Waals surface area contributed by atoms with Gasteiger partial charge in [-0.3, -0.25) is 14.2 Å². The molecule has 6 nitrogen and oxygen atoms in total. The Morgan fingerprint density at radius 1 is 1.48 bits per heavy atom. The van der Waals surface area contributed by atoms with E-state index < -0.39 is 5.97 Å². The molecule has 0 aliphatic rings. The van der Waals surface area contributed by atoms with E-state index in [1.165, 1.54) is 27.2 Å². The lowest BCUT2D eigenvalue weighted by atomic mass is 10.4. The van der Waals surface area contributed by atoms with Gasteiger partial charge in [0, 0.05) is 5.38 Å². The topological polar surface area (TPSA) is 85.1 Å². The Morgan fingerprint density at radius 2 is 2.33 bits per heavy atom. The summed E-state index contributed by atoms with van der Waals surface area (Å²) in [6, 6.07) is 1.76. The fourth-order valence-electron chi connectivity index (χ4n) is 1.78. The first-order valence-corrected chi connectivity index (χ1v) is 8.65. The average molecular weight is 339 g/mol. The maximum Gasteiger partial charge on any atom is 0.313 e. The molecule has 0 bridgehead atoms. The molecule has 0 unspecified atom stereocenters. The fourth-order valence-corrected chi connectivity index (χ4v) is 3.82. The summed E-state index contributed by atoms with van der Waals surface area (Å²) in [5.41, 5.74) is 2.90. The summed E-state index contributed by atoms with van der Waals surface area (Å²) in [5, 5.41) is 12.9. The van der Waals surface area contributed by atoms with Gasteiger partial charge in [0.05, 0.1) is 29.0 Å². The second-order valence-corrected chi connectivity index (χ2v) is 6.66. The summed E-state index contributed by atoms with van der Waals surface area (Å²) in [7, 11) is 0. The molecule has 1 N–H and O–H groups in total. The number of hydrogen-bond acceptors (Lipinski definition) is 7. The third-order valence-electron chi connectivity index (χ3n) is 2.66. The van der Waals surface area contributed by atoms with Gasteiger partial charge >= 0.3 is 5.97 Å². The molecule has 0 aliphatic heterocycles. The Morgan fingerprint density at radius 3 is 3.05 bits per heavy atom. The minimum atomic E-state index is -0.945. The van der Waals surface area contributed by atoms with Crippen LogP contribution in [0.25, 0.3) is 10.2 Å². The molecule has 108 valence electrons. The van der Waals surface area contributed by atoms with Gasteiger partial charge in [0.2, 0.25) is 0 Å². The molecular formula is C12H9N3O3S3. The van der Waals surface area contributed by atoms with Gasteiger partial charge in [-0.1, -0.05) is 11.8 Å². The van der Waals surface area contributed by atoms with Crippen LogP contribution in [0.5, 0.6) is 0 Å². The first-order valence-electron chi connectivity index (χ1n) is 5.85. The highest BCUT2D eigenvalue weighted by Gasteiger charge is 2.14. The van der Waals surface area contributed by atoms with Crippen LogP contribution in [0.3, 0.4) is 0 Å². The van der Waals surface area contributed by atoms with E-state index in [0.717, 1.165) is 17.5 Å². The predicted molar refractivity (Wildman–Crippen MR) is 83.5 cm³/mol. The largest absolute Gasteiger partial charge is 0.481 e. The summed E-state index contributed by atoms with van der Waals surface area (Å²) < 4.78 is 2.06. The molecule has 0 fully saturated rings. The van der Waals surface area contributed by atoms with Crippen molar-refractivity contribution in [1.82, 2.24) is 14.5 Å². The van der Waals surface area contributed by atoms with Gasteiger partial charge in [0.25, 0.3) is 5.56 Å². The van der Waals surface area contributed by atoms with E-state index in [4.69, 9.17) is 5.11 Å². The number of nitrogens with zero attached hydrogens (tertiary/aromatic N) is 3. The summed E-state index contributed by atoms with van der Waals surface area (Å²) in [6.45, 7) is 0.297. The number of hydrogen-bond donors (Lipinski definition) is 1. The Bertz CT molecular complexity index is 838. The van der Waals surface area contributed by atoms with Gasteiger partial charge < -0.3 is 5.11 Å². The van der Waals surface area contributed by atoms with E-state index >= 15 is 0 Å². The molecule has 0 radical (unpaired) electrons. The summed E-state index contributed by atoms with van der Waals surface area (Å²) in [4.78, 5) is 31.8. The van der Waals surface area contributed by atoms with E-state index in [1.807, 2.05) is 5.38 Å². The van der Waals surface area contributed by atoms with Crippen LogP contribution in [0.15, 0.2) is 32.3 Å². The number of carboxylic acids is 1. The Kier molecular flexibility index (Phi) is 4.04. The monoisotopic (exact) mass is 339 g/mol. The minimum absolute atomic E-state index is 0.140. The second-order valence-electron chi connectivity index (χ2n) is 4.08. The number of thiazole rings is 1. The number of carboxylic acid groups (broad SMARTS) is 1. The summed E-state index contributed by atoms with van der Waals surface area (Å²) in [5.74, 6) is -1.08. The van der Waals surface area contributed by atoms with E-state index in [1.54, 1.807) is 17.0 Å². The molecule has 3 rings (SSSR count). The number of fused-ring (bicyclic) bond motifs is 1. The van der Waals surface area contributed by atoms with Gasteiger partial charge in [0.15, 0.2) is 5.16 Å². The lowest BCUT2D eigenvalue weighted by molar-refractivity contribution is -0.133. The molecular weight excluding hydrogens is 330 g/mol. The molecule has 0 saturated carbocycles. The lowest BCUT2D eigenvalue weighted by Gasteiger charge is -2.09. The zero-order valence-corrected chi connectivity index (χ0v) is 13.0. The molecule has 3 aromatic heterocycles. The Balaban J connectivity index is 2.08. The zero-order chi connectivity index (χ0) is 14.8.